The van der Waals surface area contributed by atoms with Gasteiger partial charge < -0.3 is 0 Å². The third-order valence-electron chi connectivity index (χ3n) is 3.09. The molecule has 0 N–H and O–H groups in total. The third kappa shape index (κ3) is 3.23. The van der Waals surface area contributed by atoms with E-state index in [1.807, 2.05) is 24.3 Å². The second-order valence-corrected chi connectivity index (χ2v) is 6.56. The van der Waals surface area contributed by atoms with Gasteiger partial charge in [-0.3, -0.25) is 0 Å². The van der Waals surface area contributed by atoms with Crippen LogP contribution >= 0.6 is 27.3 Å². The largest absolute Gasteiger partial charge is 0.416 e. The SMILES string of the molecule is FC(F)(F)c1ccc(-c2ncc(-c3ccc(Br)cc3)s2)cc1. The Labute approximate surface area is 137 Å². The zero-order valence-electron chi connectivity index (χ0n) is 11.1. The quantitative estimate of drug-likeness (QED) is 0.508. The van der Waals surface area contributed by atoms with E-state index in [-0.39, 0.29) is 0 Å². The molecular weight excluding hydrogens is 375 g/mol. The molecular formula is C16H9BrF3NS. The van der Waals surface area contributed by atoms with Crippen molar-refractivity contribution in [3.8, 4) is 21.0 Å². The Bertz CT molecular complexity index is 776. The molecule has 22 heavy (non-hydrogen) atoms. The van der Waals surface area contributed by atoms with Crippen molar-refractivity contribution in [3.05, 3.63) is 64.8 Å². The fourth-order valence-corrected chi connectivity index (χ4v) is 3.15. The van der Waals surface area contributed by atoms with Crippen LogP contribution in [0.2, 0.25) is 0 Å². The lowest BCUT2D eigenvalue weighted by atomic mass is 10.1. The van der Waals surface area contributed by atoms with Crippen LogP contribution in [0, 0.1) is 0 Å². The normalized spacial score (nSPS) is 11.6. The summed E-state index contributed by atoms with van der Waals surface area (Å²) < 4.78 is 38.7. The van der Waals surface area contributed by atoms with E-state index in [0.717, 1.165) is 27.0 Å². The molecule has 0 fully saturated rings. The number of hydrogen-bond donors (Lipinski definition) is 0. The van der Waals surface area contributed by atoms with Crippen LogP contribution in [-0.4, -0.2) is 4.98 Å². The van der Waals surface area contributed by atoms with Gasteiger partial charge in [0.1, 0.15) is 5.01 Å². The number of thiazole rings is 1. The van der Waals surface area contributed by atoms with Crippen molar-refractivity contribution in [1.82, 2.24) is 4.98 Å². The van der Waals surface area contributed by atoms with E-state index >= 15 is 0 Å². The number of aromatic nitrogens is 1. The topological polar surface area (TPSA) is 12.9 Å². The van der Waals surface area contributed by atoms with E-state index in [4.69, 9.17) is 0 Å². The summed E-state index contributed by atoms with van der Waals surface area (Å²) in [6, 6.07) is 12.9. The average Bonchev–Trinajstić information content (AvgIpc) is 2.97. The summed E-state index contributed by atoms with van der Waals surface area (Å²) >= 11 is 4.83. The molecule has 0 aliphatic heterocycles. The predicted molar refractivity (Wildman–Crippen MR) is 85.7 cm³/mol. The van der Waals surface area contributed by atoms with Gasteiger partial charge in [0.25, 0.3) is 0 Å². The van der Waals surface area contributed by atoms with E-state index in [1.54, 1.807) is 6.20 Å². The number of nitrogens with zero attached hydrogens (tertiary/aromatic N) is 1. The summed E-state index contributed by atoms with van der Waals surface area (Å²) in [7, 11) is 0. The molecule has 0 atom stereocenters. The number of halogens is 4. The standard InChI is InChI=1S/C16H9BrF3NS/c17-13-7-3-10(4-8-13)14-9-21-15(22-14)11-1-5-12(6-2-11)16(18,19)20/h1-9H. The molecule has 2 aromatic carbocycles. The molecule has 1 aromatic heterocycles. The van der Waals surface area contributed by atoms with Crippen molar-refractivity contribution < 1.29 is 13.2 Å². The molecule has 1 heterocycles. The van der Waals surface area contributed by atoms with Crippen LogP contribution in [0.4, 0.5) is 13.2 Å². The Morgan fingerprint density at radius 2 is 1.45 bits per heavy atom. The summed E-state index contributed by atoms with van der Waals surface area (Å²) in [5, 5.41) is 0.701. The summed E-state index contributed by atoms with van der Waals surface area (Å²) in [6.07, 6.45) is -2.58. The monoisotopic (exact) mass is 383 g/mol. The van der Waals surface area contributed by atoms with Gasteiger partial charge in [0.05, 0.1) is 10.4 Å². The van der Waals surface area contributed by atoms with Gasteiger partial charge in [-0.15, -0.1) is 11.3 Å². The van der Waals surface area contributed by atoms with Gasteiger partial charge in [-0.25, -0.2) is 4.98 Å². The van der Waals surface area contributed by atoms with Crippen molar-refractivity contribution in [2.45, 2.75) is 6.18 Å². The highest BCUT2D eigenvalue weighted by Gasteiger charge is 2.30. The molecule has 112 valence electrons. The molecule has 0 aliphatic carbocycles. The van der Waals surface area contributed by atoms with Crippen LogP contribution in [0.5, 0.6) is 0 Å². The van der Waals surface area contributed by atoms with Crippen LogP contribution in [0.3, 0.4) is 0 Å². The molecule has 1 nitrogen and oxygen atoms in total. The van der Waals surface area contributed by atoms with Gasteiger partial charge >= 0.3 is 6.18 Å². The smallest absolute Gasteiger partial charge is 0.244 e. The summed E-state index contributed by atoms with van der Waals surface area (Å²) in [5.74, 6) is 0. The van der Waals surface area contributed by atoms with Gasteiger partial charge in [-0.05, 0) is 29.8 Å². The van der Waals surface area contributed by atoms with Crippen molar-refractivity contribution in [2.24, 2.45) is 0 Å². The fraction of sp³-hybridized carbons (Fsp3) is 0.0625. The second-order valence-electron chi connectivity index (χ2n) is 4.61. The highest BCUT2D eigenvalue weighted by molar-refractivity contribution is 9.10. The maximum Gasteiger partial charge on any atom is 0.416 e. The first-order valence-electron chi connectivity index (χ1n) is 6.33. The maximum atomic E-state index is 12.6. The lowest BCUT2D eigenvalue weighted by Crippen LogP contribution is -2.03. The minimum Gasteiger partial charge on any atom is -0.244 e. The number of hydrogen-bond acceptors (Lipinski definition) is 2. The van der Waals surface area contributed by atoms with E-state index < -0.39 is 11.7 Å². The van der Waals surface area contributed by atoms with Crippen molar-refractivity contribution in [1.29, 1.82) is 0 Å². The molecule has 0 radical (unpaired) electrons. The van der Waals surface area contributed by atoms with Crippen molar-refractivity contribution >= 4 is 27.3 Å². The van der Waals surface area contributed by atoms with Crippen LogP contribution in [0.1, 0.15) is 5.56 Å². The number of benzene rings is 2. The molecule has 6 heteroatoms. The van der Waals surface area contributed by atoms with Gasteiger partial charge in [0.15, 0.2) is 0 Å². The lowest BCUT2D eigenvalue weighted by molar-refractivity contribution is -0.137. The summed E-state index contributed by atoms with van der Waals surface area (Å²) in [4.78, 5) is 5.28. The Kier molecular flexibility index (Phi) is 4.06. The fourth-order valence-electron chi connectivity index (χ4n) is 1.96. The second kappa shape index (κ2) is 5.85. The molecule has 3 rings (SSSR count). The first-order chi connectivity index (χ1) is 10.4. The van der Waals surface area contributed by atoms with E-state index in [2.05, 4.69) is 20.9 Å². The predicted octanol–water partition coefficient (Wildman–Crippen LogP) is 6.26. The molecule has 0 unspecified atom stereocenters. The third-order valence-corrected chi connectivity index (χ3v) is 4.72. The Hall–Kier alpha value is -1.66. The maximum absolute atomic E-state index is 12.6. The summed E-state index contributed by atoms with van der Waals surface area (Å²) in [5.41, 5.74) is 1.06. The van der Waals surface area contributed by atoms with Crippen LogP contribution in [-0.2, 0) is 6.18 Å². The van der Waals surface area contributed by atoms with Gasteiger partial charge in [-0.2, -0.15) is 13.2 Å². The molecule has 0 aliphatic rings. The zero-order valence-corrected chi connectivity index (χ0v) is 13.5. The van der Waals surface area contributed by atoms with Crippen LogP contribution < -0.4 is 0 Å². The Morgan fingerprint density at radius 3 is 2.05 bits per heavy atom. The molecule has 0 amide bonds. The van der Waals surface area contributed by atoms with Gasteiger partial charge in [-0.1, -0.05) is 40.2 Å². The minimum absolute atomic E-state index is 0.652. The number of alkyl halides is 3. The first kappa shape index (κ1) is 15.2. The van der Waals surface area contributed by atoms with Crippen molar-refractivity contribution in [3.63, 3.8) is 0 Å². The molecule has 3 aromatic rings. The van der Waals surface area contributed by atoms with Gasteiger partial charge in [0, 0.05) is 16.2 Å². The van der Waals surface area contributed by atoms with E-state index in [9.17, 15) is 13.2 Å². The molecule has 0 saturated heterocycles. The first-order valence-corrected chi connectivity index (χ1v) is 7.94. The van der Waals surface area contributed by atoms with E-state index in [0.29, 0.717) is 10.6 Å². The van der Waals surface area contributed by atoms with Crippen molar-refractivity contribution in [2.75, 3.05) is 0 Å². The van der Waals surface area contributed by atoms with Crippen LogP contribution in [0.25, 0.3) is 21.0 Å². The molecule has 0 bridgehead atoms. The highest BCUT2D eigenvalue weighted by atomic mass is 79.9. The van der Waals surface area contributed by atoms with Gasteiger partial charge in [0.2, 0.25) is 0 Å². The molecule has 0 spiro atoms. The van der Waals surface area contributed by atoms with E-state index in [1.165, 1.54) is 23.5 Å². The molecule has 0 saturated carbocycles. The average molecular weight is 384 g/mol. The zero-order chi connectivity index (χ0) is 15.7. The Morgan fingerprint density at radius 1 is 0.864 bits per heavy atom. The lowest BCUT2D eigenvalue weighted by Gasteiger charge is -2.06. The Balaban J connectivity index is 1.89. The summed E-state index contributed by atoms with van der Waals surface area (Å²) in [6.45, 7) is 0. The minimum atomic E-state index is -4.32. The highest BCUT2D eigenvalue weighted by Crippen LogP contribution is 2.34. The number of rotatable bonds is 2. The van der Waals surface area contributed by atoms with Crippen LogP contribution in [0.15, 0.2) is 59.2 Å².